The van der Waals surface area contributed by atoms with Crippen LogP contribution in [0.5, 0.6) is 0 Å². The van der Waals surface area contributed by atoms with Crippen molar-refractivity contribution in [1.29, 1.82) is 0 Å². The topological polar surface area (TPSA) is 97.1 Å². The predicted molar refractivity (Wildman–Crippen MR) is 107 cm³/mol. The molecule has 8 heteroatoms. The smallest absolute Gasteiger partial charge is 0.251 e. The van der Waals surface area contributed by atoms with Crippen LogP contribution in [-0.2, 0) is 4.79 Å². The molecular formula is C18H22Cl2N4O2. The van der Waals surface area contributed by atoms with Crippen LogP contribution in [0.2, 0.25) is 5.02 Å². The van der Waals surface area contributed by atoms with Gasteiger partial charge in [-0.3, -0.25) is 9.59 Å². The largest absolute Gasteiger partial charge is 0.384 e. The van der Waals surface area contributed by atoms with Crippen LogP contribution in [0.4, 0.5) is 11.5 Å². The van der Waals surface area contributed by atoms with Crippen molar-refractivity contribution in [2.75, 3.05) is 11.1 Å². The molecule has 26 heavy (non-hydrogen) atoms. The summed E-state index contributed by atoms with van der Waals surface area (Å²) in [5.74, 6) is -0.304. The Kier molecular flexibility index (Phi) is 8.35. The number of benzene rings is 1. The van der Waals surface area contributed by atoms with Crippen molar-refractivity contribution in [3.63, 3.8) is 0 Å². The van der Waals surface area contributed by atoms with E-state index in [1.807, 2.05) is 13.8 Å². The first-order chi connectivity index (χ1) is 11.9. The van der Waals surface area contributed by atoms with Gasteiger partial charge in [0.25, 0.3) is 5.91 Å². The Balaban J connectivity index is 0.00000338. The summed E-state index contributed by atoms with van der Waals surface area (Å²) in [6, 6.07) is 9.09. The summed E-state index contributed by atoms with van der Waals surface area (Å²) < 4.78 is 0. The highest BCUT2D eigenvalue weighted by Gasteiger charge is 2.26. The van der Waals surface area contributed by atoms with E-state index in [1.165, 1.54) is 6.20 Å². The highest BCUT2D eigenvalue weighted by molar-refractivity contribution is 6.30. The molecule has 0 bridgehead atoms. The van der Waals surface area contributed by atoms with Gasteiger partial charge in [-0.2, -0.15) is 0 Å². The number of nitrogens with two attached hydrogens (primary N) is 1. The van der Waals surface area contributed by atoms with Crippen LogP contribution in [0.15, 0.2) is 42.6 Å². The molecule has 0 aliphatic carbocycles. The van der Waals surface area contributed by atoms with Crippen molar-refractivity contribution in [2.24, 2.45) is 5.92 Å². The maximum atomic E-state index is 12.6. The van der Waals surface area contributed by atoms with E-state index < -0.39 is 6.04 Å². The van der Waals surface area contributed by atoms with Gasteiger partial charge in [0.1, 0.15) is 11.9 Å². The SMILES string of the molecule is CCC(C)C(NC(=O)c1ccc(Cl)cc1)C(=O)Nc1ccc(N)nc1.Cl. The van der Waals surface area contributed by atoms with Crippen molar-refractivity contribution in [3.05, 3.63) is 53.2 Å². The van der Waals surface area contributed by atoms with Crippen LogP contribution in [0, 0.1) is 5.92 Å². The van der Waals surface area contributed by atoms with Gasteiger partial charge >= 0.3 is 0 Å². The number of halogens is 2. The standard InChI is InChI=1S/C18H21ClN4O2.ClH/c1-3-11(2)16(18(25)22-14-8-9-15(20)21-10-14)23-17(24)12-4-6-13(19)7-5-12;/h4-11,16H,3H2,1-2H3,(H2,20,21)(H,22,25)(H,23,24);1H. The Hall–Kier alpha value is -2.31. The molecule has 2 amide bonds. The molecule has 2 unspecified atom stereocenters. The molecular weight excluding hydrogens is 375 g/mol. The van der Waals surface area contributed by atoms with Crippen molar-refractivity contribution in [3.8, 4) is 0 Å². The highest BCUT2D eigenvalue weighted by Crippen LogP contribution is 2.14. The minimum absolute atomic E-state index is 0. The monoisotopic (exact) mass is 396 g/mol. The highest BCUT2D eigenvalue weighted by atomic mass is 35.5. The molecule has 2 aromatic rings. The predicted octanol–water partition coefficient (Wildman–Crippen LogP) is 3.52. The van der Waals surface area contributed by atoms with Gasteiger partial charge in [0.2, 0.25) is 5.91 Å². The summed E-state index contributed by atoms with van der Waals surface area (Å²) in [6.07, 6.45) is 2.21. The van der Waals surface area contributed by atoms with Crippen LogP contribution >= 0.6 is 24.0 Å². The molecule has 0 radical (unpaired) electrons. The second kappa shape index (κ2) is 9.99. The van der Waals surface area contributed by atoms with E-state index in [9.17, 15) is 9.59 Å². The van der Waals surface area contributed by atoms with Gasteiger partial charge in [0.05, 0.1) is 11.9 Å². The van der Waals surface area contributed by atoms with Gasteiger partial charge in [-0.05, 0) is 42.3 Å². The average molecular weight is 397 g/mol. The molecule has 6 nitrogen and oxygen atoms in total. The number of rotatable bonds is 6. The Labute approximate surface area is 163 Å². The summed E-state index contributed by atoms with van der Waals surface area (Å²) >= 11 is 5.84. The first-order valence-corrected chi connectivity index (χ1v) is 8.37. The summed E-state index contributed by atoms with van der Waals surface area (Å²) in [5.41, 5.74) is 6.50. The zero-order chi connectivity index (χ0) is 18.4. The van der Waals surface area contributed by atoms with Gasteiger partial charge in [-0.15, -0.1) is 12.4 Å². The zero-order valence-corrected chi connectivity index (χ0v) is 16.1. The molecule has 0 aliphatic heterocycles. The summed E-state index contributed by atoms with van der Waals surface area (Å²) in [5, 5.41) is 6.10. The Morgan fingerprint density at radius 3 is 2.38 bits per heavy atom. The summed E-state index contributed by atoms with van der Waals surface area (Å²) in [4.78, 5) is 29.0. The fraction of sp³-hybridized carbons (Fsp3) is 0.278. The van der Waals surface area contributed by atoms with Crippen molar-refractivity contribution < 1.29 is 9.59 Å². The van der Waals surface area contributed by atoms with E-state index in [0.717, 1.165) is 6.42 Å². The van der Waals surface area contributed by atoms with Crippen molar-refractivity contribution in [1.82, 2.24) is 10.3 Å². The molecule has 0 saturated carbocycles. The van der Waals surface area contributed by atoms with E-state index in [-0.39, 0.29) is 30.1 Å². The lowest BCUT2D eigenvalue weighted by Gasteiger charge is -2.23. The quantitative estimate of drug-likeness (QED) is 0.695. The first kappa shape index (κ1) is 21.7. The molecule has 0 fully saturated rings. The Bertz CT molecular complexity index is 736. The van der Waals surface area contributed by atoms with Gasteiger partial charge in [-0.25, -0.2) is 4.98 Å². The second-order valence-electron chi connectivity index (χ2n) is 5.80. The van der Waals surface area contributed by atoms with Gasteiger partial charge in [-0.1, -0.05) is 31.9 Å². The number of carbonyl (C=O) groups is 2. The minimum Gasteiger partial charge on any atom is -0.384 e. The Morgan fingerprint density at radius 1 is 1.19 bits per heavy atom. The van der Waals surface area contributed by atoms with Crippen LogP contribution in [0.1, 0.15) is 30.6 Å². The third-order valence-corrected chi connectivity index (χ3v) is 4.19. The minimum atomic E-state index is -0.675. The van der Waals surface area contributed by atoms with Gasteiger partial charge < -0.3 is 16.4 Å². The molecule has 140 valence electrons. The normalized spacial score (nSPS) is 12.4. The molecule has 1 aromatic heterocycles. The van der Waals surface area contributed by atoms with Crippen LogP contribution < -0.4 is 16.4 Å². The van der Waals surface area contributed by atoms with Crippen molar-refractivity contribution in [2.45, 2.75) is 26.3 Å². The molecule has 4 N–H and O–H groups in total. The third kappa shape index (κ3) is 5.89. The van der Waals surface area contributed by atoms with E-state index in [2.05, 4.69) is 15.6 Å². The van der Waals surface area contributed by atoms with Crippen LogP contribution in [-0.4, -0.2) is 22.8 Å². The average Bonchev–Trinajstić information content (AvgIpc) is 2.61. The van der Waals surface area contributed by atoms with E-state index in [4.69, 9.17) is 17.3 Å². The zero-order valence-electron chi connectivity index (χ0n) is 14.5. The molecule has 0 spiro atoms. The molecule has 1 aromatic carbocycles. The fourth-order valence-corrected chi connectivity index (χ4v) is 2.35. The lowest BCUT2D eigenvalue weighted by molar-refractivity contribution is -0.119. The maximum absolute atomic E-state index is 12.6. The number of nitrogen functional groups attached to an aromatic ring is 1. The number of amides is 2. The lowest BCUT2D eigenvalue weighted by Crippen LogP contribution is -2.47. The molecule has 2 rings (SSSR count). The van der Waals surface area contributed by atoms with E-state index in [0.29, 0.717) is 22.1 Å². The number of aromatic nitrogens is 1. The number of pyridine rings is 1. The van der Waals surface area contributed by atoms with E-state index in [1.54, 1.807) is 36.4 Å². The lowest BCUT2D eigenvalue weighted by atomic mass is 9.97. The number of nitrogens with one attached hydrogen (secondary N) is 2. The molecule has 0 saturated heterocycles. The fourth-order valence-electron chi connectivity index (χ4n) is 2.23. The molecule has 1 heterocycles. The van der Waals surface area contributed by atoms with Crippen LogP contribution in [0.25, 0.3) is 0 Å². The molecule has 0 aliphatic rings. The number of carbonyl (C=O) groups excluding carboxylic acids is 2. The van der Waals surface area contributed by atoms with Crippen molar-refractivity contribution >= 4 is 47.3 Å². The number of hydrogen-bond donors (Lipinski definition) is 3. The van der Waals surface area contributed by atoms with Crippen LogP contribution in [0.3, 0.4) is 0 Å². The summed E-state index contributed by atoms with van der Waals surface area (Å²) in [7, 11) is 0. The number of anilines is 2. The van der Waals surface area contributed by atoms with E-state index >= 15 is 0 Å². The van der Waals surface area contributed by atoms with Gasteiger partial charge in [0, 0.05) is 10.6 Å². The number of nitrogens with zero attached hydrogens (tertiary/aromatic N) is 1. The second-order valence-corrected chi connectivity index (χ2v) is 6.24. The maximum Gasteiger partial charge on any atom is 0.251 e. The number of hydrogen-bond acceptors (Lipinski definition) is 4. The summed E-state index contributed by atoms with van der Waals surface area (Å²) in [6.45, 7) is 3.87. The molecule has 2 atom stereocenters. The Morgan fingerprint density at radius 2 is 1.85 bits per heavy atom. The van der Waals surface area contributed by atoms with Gasteiger partial charge in [0.15, 0.2) is 0 Å². The third-order valence-electron chi connectivity index (χ3n) is 3.94. The first-order valence-electron chi connectivity index (χ1n) is 7.99.